The molecule has 1 saturated heterocycles. The minimum Gasteiger partial charge on any atom is -0.326 e. The first-order valence-corrected chi connectivity index (χ1v) is 8.69. The zero-order valence-corrected chi connectivity index (χ0v) is 15.4. The van der Waals surface area contributed by atoms with E-state index in [0.717, 1.165) is 28.1 Å². The second-order valence-electron chi connectivity index (χ2n) is 6.53. The molecule has 5 heteroatoms. The lowest BCUT2D eigenvalue weighted by Gasteiger charge is -2.20. The number of halogens is 1. The smallest absolute Gasteiger partial charge is 0.229 e. The first-order valence-electron chi connectivity index (χ1n) is 8.31. The molecule has 3 rings (SSSR count). The van der Waals surface area contributed by atoms with E-state index in [0.29, 0.717) is 11.6 Å². The normalized spacial score (nSPS) is 17.0. The van der Waals surface area contributed by atoms with Crippen LogP contribution in [0, 0.1) is 26.7 Å². The molecule has 1 atom stereocenters. The summed E-state index contributed by atoms with van der Waals surface area (Å²) in [5.41, 5.74) is 4.60. The first-order chi connectivity index (χ1) is 11.9. The zero-order chi connectivity index (χ0) is 18.1. The number of rotatable bonds is 3. The van der Waals surface area contributed by atoms with Crippen molar-refractivity contribution in [2.24, 2.45) is 5.92 Å². The molecule has 1 heterocycles. The molecule has 4 nitrogen and oxygen atoms in total. The Morgan fingerprint density at radius 3 is 2.60 bits per heavy atom. The number of benzene rings is 2. The van der Waals surface area contributed by atoms with Crippen molar-refractivity contribution >= 4 is 34.8 Å². The maximum absolute atomic E-state index is 12.6. The lowest BCUT2D eigenvalue weighted by molar-refractivity contribution is -0.122. The summed E-state index contributed by atoms with van der Waals surface area (Å²) in [6, 6.07) is 11.3. The van der Waals surface area contributed by atoms with Gasteiger partial charge in [0.05, 0.1) is 5.92 Å². The van der Waals surface area contributed by atoms with Gasteiger partial charge in [-0.1, -0.05) is 29.8 Å². The number of carbonyl (C=O) groups excluding carboxylic acids is 2. The summed E-state index contributed by atoms with van der Waals surface area (Å²) < 4.78 is 0. The van der Waals surface area contributed by atoms with E-state index in [1.165, 1.54) is 0 Å². The Kier molecular flexibility index (Phi) is 4.82. The Labute approximate surface area is 152 Å². The van der Waals surface area contributed by atoms with Gasteiger partial charge in [0, 0.05) is 29.4 Å². The van der Waals surface area contributed by atoms with Gasteiger partial charge in [-0.25, -0.2) is 0 Å². The third-order valence-electron chi connectivity index (χ3n) is 4.89. The number of nitrogens with one attached hydrogen (secondary N) is 1. The zero-order valence-electron chi connectivity index (χ0n) is 14.6. The van der Waals surface area contributed by atoms with E-state index in [1.807, 2.05) is 51.1 Å². The number of anilines is 2. The summed E-state index contributed by atoms with van der Waals surface area (Å²) in [4.78, 5) is 26.7. The molecule has 0 saturated carbocycles. The van der Waals surface area contributed by atoms with E-state index in [-0.39, 0.29) is 24.2 Å². The van der Waals surface area contributed by atoms with Gasteiger partial charge in [0.25, 0.3) is 0 Å². The third-order valence-corrected chi connectivity index (χ3v) is 5.30. The van der Waals surface area contributed by atoms with E-state index in [1.54, 1.807) is 11.0 Å². The summed E-state index contributed by atoms with van der Waals surface area (Å²) in [5, 5.41) is 3.59. The molecule has 130 valence electrons. The molecule has 0 radical (unpaired) electrons. The van der Waals surface area contributed by atoms with E-state index in [2.05, 4.69) is 5.32 Å². The maximum atomic E-state index is 12.6. The highest BCUT2D eigenvalue weighted by Gasteiger charge is 2.36. The minimum absolute atomic E-state index is 0.0496. The van der Waals surface area contributed by atoms with Crippen molar-refractivity contribution in [3.8, 4) is 0 Å². The highest BCUT2D eigenvalue weighted by molar-refractivity contribution is 6.31. The van der Waals surface area contributed by atoms with Gasteiger partial charge in [-0.3, -0.25) is 9.59 Å². The van der Waals surface area contributed by atoms with Gasteiger partial charge in [-0.15, -0.1) is 0 Å². The number of aryl methyl sites for hydroxylation is 1. The van der Waals surface area contributed by atoms with Crippen molar-refractivity contribution in [1.82, 2.24) is 0 Å². The average molecular weight is 357 g/mol. The van der Waals surface area contributed by atoms with Crippen LogP contribution < -0.4 is 10.2 Å². The number of hydrogen-bond donors (Lipinski definition) is 1. The maximum Gasteiger partial charge on any atom is 0.229 e. The molecule has 1 fully saturated rings. The Morgan fingerprint density at radius 2 is 1.84 bits per heavy atom. The van der Waals surface area contributed by atoms with Gasteiger partial charge in [-0.05, 0) is 55.7 Å². The molecule has 0 spiro atoms. The summed E-state index contributed by atoms with van der Waals surface area (Å²) >= 11 is 6.16. The van der Waals surface area contributed by atoms with Crippen LogP contribution in [0.4, 0.5) is 11.4 Å². The van der Waals surface area contributed by atoms with Gasteiger partial charge in [-0.2, -0.15) is 0 Å². The molecule has 0 unspecified atom stereocenters. The molecule has 1 aliphatic rings. The van der Waals surface area contributed by atoms with Crippen molar-refractivity contribution in [2.75, 3.05) is 16.8 Å². The van der Waals surface area contributed by atoms with Crippen LogP contribution in [0.3, 0.4) is 0 Å². The lowest BCUT2D eigenvalue weighted by atomic mass is 10.1. The largest absolute Gasteiger partial charge is 0.326 e. The second-order valence-corrected chi connectivity index (χ2v) is 6.93. The van der Waals surface area contributed by atoms with Gasteiger partial charge in [0.2, 0.25) is 11.8 Å². The SMILES string of the molecule is Cc1cccc(NC(=O)[C@H]2CC(=O)N(c3cccc(Cl)c3C)C2)c1C. The number of hydrogen-bond acceptors (Lipinski definition) is 2. The summed E-state index contributed by atoms with van der Waals surface area (Å²) in [6.07, 6.45) is 0.211. The van der Waals surface area contributed by atoms with E-state index in [9.17, 15) is 9.59 Å². The molecule has 2 aromatic rings. The van der Waals surface area contributed by atoms with Gasteiger partial charge in [0.1, 0.15) is 0 Å². The van der Waals surface area contributed by atoms with Crippen molar-refractivity contribution in [2.45, 2.75) is 27.2 Å². The predicted octanol–water partition coefficient (Wildman–Crippen LogP) is 4.26. The topological polar surface area (TPSA) is 49.4 Å². The van der Waals surface area contributed by atoms with Crippen molar-refractivity contribution in [1.29, 1.82) is 0 Å². The molecule has 1 N–H and O–H groups in total. The fourth-order valence-electron chi connectivity index (χ4n) is 3.13. The van der Waals surface area contributed by atoms with E-state index < -0.39 is 0 Å². The quantitative estimate of drug-likeness (QED) is 0.893. The van der Waals surface area contributed by atoms with E-state index >= 15 is 0 Å². The van der Waals surface area contributed by atoms with Crippen molar-refractivity contribution in [3.05, 3.63) is 58.1 Å². The van der Waals surface area contributed by atoms with Crippen LogP contribution >= 0.6 is 11.6 Å². The average Bonchev–Trinajstić information content (AvgIpc) is 2.96. The fourth-order valence-corrected chi connectivity index (χ4v) is 3.30. The molecule has 0 aromatic heterocycles. The van der Waals surface area contributed by atoms with Crippen LogP contribution in [0.25, 0.3) is 0 Å². The highest BCUT2D eigenvalue weighted by Crippen LogP contribution is 2.32. The van der Waals surface area contributed by atoms with Crippen LogP contribution in [0.2, 0.25) is 5.02 Å². The standard InChI is InChI=1S/C20H21ClN2O2/c1-12-6-4-8-17(13(12)2)22-20(25)15-10-19(24)23(11-15)18-9-5-7-16(21)14(18)3/h4-9,15H,10-11H2,1-3H3,(H,22,25)/t15-/m0/s1. The molecular formula is C20H21ClN2O2. The second kappa shape index (κ2) is 6.89. The van der Waals surface area contributed by atoms with Gasteiger partial charge >= 0.3 is 0 Å². The van der Waals surface area contributed by atoms with Crippen LogP contribution in [0.1, 0.15) is 23.1 Å². The van der Waals surface area contributed by atoms with Crippen LogP contribution in [0.5, 0.6) is 0 Å². The first kappa shape index (κ1) is 17.5. The Morgan fingerprint density at radius 1 is 1.12 bits per heavy atom. The monoisotopic (exact) mass is 356 g/mol. The molecule has 0 aliphatic carbocycles. The third kappa shape index (κ3) is 3.40. The number of nitrogens with zero attached hydrogens (tertiary/aromatic N) is 1. The van der Waals surface area contributed by atoms with Crippen molar-refractivity contribution < 1.29 is 9.59 Å². The molecule has 2 amide bonds. The Hall–Kier alpha value is -2.33. The summed E-state index contributed by atoms with van der Waals surface area (Å²) in [6.45, 7) is 6.24. The lowest BCUT2D eigenvalue weighted by Crippen LogP contribution is -2.28. The van der Waals surface area contributed by atoms with Gasteiger partial charge < -0.3 is 10.2 Å². The van der Waals surface area contributed by atoms with Crippen LogP contribution in [-0.2, 0) is 9.59 Å². The van der Waals surface area contributed by atoms with Crippen molar-refractivity contribution in [3.63, 3.8) is 0 Å². The predicted molar refractivity (Wildman–Crippen MR) is 101 cm³/mol. The fraction of sp³-hybridized carbons (Fsp3) is 0.300. The van der Waals surface area contributed by atoms with Gasteiger partial charge in [0.15, 0.2) is 0 Å². The highest BCUT2D eigenvalue weighted by atomic mass is 35.5. The molecule has 25 heavy (non-hydrogen) atoms. The number of amides is 2. The summed E-state index contributed by atoms with van der Waals surface area (Å²) in [7, 11) is 0. The molecule has 0 bridgehead atoms. The Balaban J connectivity index is 1.77. The molecule has 2 aromatic carbocycles. The number of carbonyl (C=O) groups is 2. The molecular weight excluding hydrogens is 336 g/mol. The minimum atomic E-state index is -0.370. The van der Waals surface area contributed by atoms with Crippen LogP contribution in [0.15, 0.2) is 36.4 Å². The molecule has 1 aliphatic heterocycles. The Bertz CT molecular complexity index is 848. The van der Waals surface area contributed by atoms with E-state index in [4.69, 9.17) is 11.6 Å². The summed E-state index contributed by atoms with van der Waals surface area (Å²) in [5.74, 6) is -0.540. The van der Waals surface area contributed by atoms with Crippen LogP contribution in [-0.4, -0.2) is 18.4 Å².